The molecule has 116 valence electrons. The van der Waals surface area contributed by atoms with Gasteiger partial charge in [0.2, 0.25) is 6.79 Å². The summed E-state index contributed by atoms with van der Waals surface area (Å²) in [6.45, 7) is 2.33. The van der Waals surface area contributed by atoms with Crippen LogP contribution >= 0.6 is 23.3 Å². The van der Waals surface area contributed by atoms with Crippen LogP contribution in [0, 0.1) is 6.92 Å². The zero-order chi connectivity index (χ0) is 15.8. The molecule has 0 fully saturated rings. The molecule has 0 N–H and O–H groups in total. The molecule has 1 aliphatic heterocycles. The number of aromatic nitrogens is 1. The molecule has 3 aromatic rings. The molecule has 2 heterocycles. The number of ether oxygens (including phenoxy) is 2. The zero-order valence-electron chi connectivity index (χ0n) is 12.8. The van der Waals surface area contributed by atoms with Crippen molar-refractivity contribution in [1.82, 2.24) is 4.37 Å². The zero-order valence-corrected chi connectivity index (χ0v) is 14.5. The molecule has 1 aliphatic rings. The summed E-state index contributed by atoms with van der Waals surface area (Å²) >= 11 is 3.23. The third kappa shape index (κ3) is 2.60. The molecule has 0 unspecified atom stereocenters. The van der Waals surface area contributed by atoms with Crippen molar-refractivity contribution in [2.75, 3.05) is 13.0 Å². The molecular formula is C18H15NO2S2. The average Bonchev–Trinajstić information content (AvgIpc) is 3.24. The largest absolute Gasteiger partial charge is 0.454 e. The number of fused-ring (bicyclic) bond motifs is 1. The fourth-order valence-electron chi connectivity index (χ4n) is 2.74. The van der Waals surface area contributed by atoms with Gasteiger partial charge in [0.25, 0.3) is 0 Å². The highest BCUT2D eigenvalue weighted by Crippen LogP contribution is 2.41. The Kier molecular flexibility index (Phi) is 3.75. The Morgan fingerprint density at radius 2 is 1.91 bits per heavy atom. The number of hydrogen-bond acceptors (Lipinski definition) is 5. The standard InChI is InChI=1S/C18H15NO2S2/c1-11-7-13(8-16-18(11)21-10-20-16)17-15(9-23-19-17)12-3-5-14(22-2)6-4-12/h3-9H,10H2,1-2H3. The van der Waals surface area contributed by atoms with Crippen LogP contribution in [0.5, 0.6) is 11.5 Å². The summed E-state index contributed by atoms with van der Waals surface area (Å²) in [5.74, 6) is 1.64. The van der Waals surface area contributed by atoms with Gasteiger partial charge in [0.15, 0.2) is 11.5 Å². The van der Waals surface area contributed by atoms with Gasteiger partial charge in [-0.1, -0.05) is 12.1 Å². The first-order chi connectivity index (χ1) is 11.3. The highest BCUT2D eigenvalue weighted by atomic mass is 32.2. The second-order valence-electron chi connectivity index (χ2n) is 5.33. The Balaban J connectivity index is 1.79. The van der Waals surface area contributed by atoms with Crippen LogP contribution in [0.4, 0.5) is 0 Å². The third-order valence-corrected chi connectivity index (χ3v) is 5.28. The second kappa shape index (κ2) is 5.91. The van der Waals surface area contributed by atoms with Crippen molar-refractivity contribution in [2.24, 2.45) is 0 Å². The summed E-state index contributed by atoms with van der Waals surface area (Å²) in [5.41, 5.74) is 5.47. The smallest absolute Gasteiger partial charge is 0.231 e. The number of hydrogen-bond donors (Lipinski definition) is 0. The van der Waals surface area contributed by atoms with Crippen LogP contribution in [-0.4, -0.2) is 17.4 Å². The van der Waals surface area contributed by atoms with Gasteiger partial charge in [-0.2, -0.15) is 4.37 Å². The van der Waals surface area contributed by atoms with E-state index < -0.39 is 0 Å². The molecule has 0 radical (unpaired) electrons. The minimum absolute atomic E-state index is 0.291. The molecule has 1 aromatic heterocycles. The first-order valence-corrected chi connectivity index (χ1v) is 9.32. The van der Waals surface area contributed by atoms with Crippen molar-refractivity contribution < 1.29 is 9.47 Å². The Bertz CT molecular complexity index is 856. The summed E-state index contributed by atoms with van der Waals surface area (Å²) < 4.78 is 15.7. The van der Waals surface area contributed by atoms with Gasteiger partial charge in [-0.25, -0.2) is 0 Å². The molecule has 0 saturated heterocycles. The van der Waals surface area contributed by atoms with Crippen LogP contribution in [0.25, 0.3) is 22.4 Å². The molecule has 0 amide bonds. The van der Waals surface area contributed by atoms with Crippen molar-refractivity contribution in [3.63, 3.8) is 0 Å². The number of nitrogens with zero attached hydrogens (tertiary/aromatic N) is 1. The minimum atomic E-state index is 0.291. The average molecular weight is 341 g/mol. The van der Waals surface area contributed by atoms with E-state index in [2.05, 4.69) is 46.3 Å². The van der Waals surface area contributed by atoms with E-state index in [9.17, 15) is 0 Å². The topological polar surface area (TPSA) is 31.4 Å². The predicted octanol–water partition coefficient (Wildman–Crippen LogP) is 5.24. The lowest BCUT2D eigenvalue weighted by atomic mass is 10.00. The summed E-state index contributed by atoms with van der Waals surface area (Å²) in [6, 6.07) is 12.7. The first-order valence-electron chi connectivity index (χ1n) is 7.25. The van der Waals surface area contributed by atoms with E-state index >= 15 is 0 Å². The van der Waals surface area contributed by atoms with Crippen molar-refractivity contribution in [1.29, 1.82) is 0 Å². The molecule has 5 heteroatoms. The Morgan fingerprint density at radius 1 is 1.09 bits per heavy atom. The van der Waals surface area contributed by atoms with Gasteiger partial charge < -0.3 is 9.47 Å². The minimum Gasteiger partial charge on any atom is -0.454 e. The van der Waals surface area contributed by atoms with Crippen molar-refractivity contribution >= 4 is 23.3 Å². The number of benzene rings is 2. The summed E-state index contributed by atoms with van der Waals surface area (Å²) in [4.78, 5) is 1.26. The Hall–Kier alpha value is -1.98. The Labute approximate surface area is 143 Å². The van der Waals surface area contributed by atoms with Crippen LogP contribution < -0.4 is 9.47 Å². The van der Waals surface area contributed by atoms with Crippen molar-refractivity contribution in [3.05, 3.63) is 47.3 Å². The maximum absolute atomic E-state index is 5.54. The van der Waals surface area contributed by atoms with E-state index in [1.54, 1.807) is 11.8 Å². The second-order valence-corrected chi connectivity index (χ2v) is 6.84. The van der Waals surface area contributed by atoms with E-state index in [0.717, 1.165) is 33.9 Å². The lowest BCUT2D eigenvalue weighted by Gasteiger charge is -2.07. The monoisotopic (exact) mass is 341 g/mol. The fraction of sp³-hybridized carbons (Fsp3) is 0.167. The fourth-order valence-corrected chi connectivity index (χ4v) is 3.87. The predicted molar refractivity (Wildman–Crippen MR) is 95.6 cm³/mol. The van der Waals surface area contributed by atoms with Gasteiger partial charge in [0.05, 0.1) is 5.69 Å². The molecule has 0 bridgehead atoms. The van der Waals surface area contributed by atoms with E-state index in [-0.39, 0.29) is 0 Å². The molecule has 0 aliphatic carbocycles. The van der Waals surface area contributed by atoms with E-state index in [0.29, 0.717) is 6.79 Å². The maximum Gasteiger partial charge on any atom is 0.231 e. The van der Waals surface area contributed by atoms with Gasteiger partial charge in [0.1, 0.15) is 0 Å². The number of rotatable bonds is 3. The number of aryl methyl sites for hydroxylation is 1. The number of thioether (sulfide) groups is 1. The van der Waals surface area contributed by atoms with Gasteiger partial charge in [-0.15, -0.1) is 11.8 Å². The van der Waals surface area contributed by atoms with E-state index in [1.165, 1.54) is 22.0 Å². The first kappa shape index (κ1) is 14.6. The van der Waals surface area contributed by atoms with Gasteiger partial charge in [-0.05, 0) is 60.1 Å². The van der Waals surface area contributed by atoms with Gasteiger partial charge in [-0.3, -0.25) is 0 Å². The Morgan fingerprint density at radius 3 is 2.70 bits per heavy atom. The van der Waals surface area contributed by atoms with Crippen molar-refractivity contribution in [3.8, 4) is 33.9 Å². The molecule has 0 atom stereocenters. The van der Waals surface area contributed by atoms with E-state index in [4.69, 9.17) is 9.47 Å². The normalized spacial score (nSPS) is 12.6. The van der Waals surface area contributed by atoms with Crippen LogP contribution in [0.3, 0.4) is 0 Å². The molecule has 4 rings (SSSR count). The molecule has 3 nitrogen and oxygen atoms in total. The van der Waals surface area contributed by atoms with Crippen molar-refractivity contribution in [2.45, 2.75) is 11.8 Å². The van der Waals surface area contributed by atoms with Crippen LogP contribution in [0.2, 0.25) is 0 Å². The SMILES string of the molecule is CSc1ccc(-c2csnc2-c2cc(C)c3c(c2)OCO3)cc1. The molecule has 0 spiro atoms. The molecule has 2 aromatic carbocycles. The highest BCUT2D eigenvalue weighted by Gasteiger charge is 2.20. The lowest BCUT2D eigenvalue weighted by Crippen LogP contribution is -1.93. The van der Waals surface area contributed by atoms with Gasteiger partial charge >= 0.3 is 0 Å². The van der Waals surface area contributed by atoms with Gasteiger partial charge in [0, 0.05) is 21.4 Å². The summed E-state index contributed by atoms with van der Waals surface area (Å²) in [5, 5.41) is 2.10. The maximum atomic E-state index is 5.54. The lowest BCUT2D eigenvalue weighted by molar-refractivity contribution is 0.173. The molecular weight excluding hydrogens is 326 g/mol. The molecule has 23 heavy (non-hydrogen) atoms. The quantitative estimate of drug-likeness (QED) is 0.610. The highest BCUT2D eigenvalue weighted by molar-refractivity contribution is 7.98. The van der Waals surface area contributed by atoms with Crippen LogP contribution in [-0.2, 0) is 0 Å². The summed E-state index contributed by atoms with van der Waals surface area (Å²) in [6.07, 6.45) is 2.09. The van der Waals surface area contributed by atoms with Crippen LogP contribution in [0.1, 0.15) is 5.56 Å². The van der Waals surface area contributed by atoms with E-state index in [1.807, 2.05) is 13.0 Å². The summed E-state index contributed by atoms with van der Waals surface area (Å²) in [7, 11) is 0. The third-order valence-electron chi connectivity index (χ3n) is 3.90. The van der Waals surface area contributed by atoms with Crippen LogP contribution in [0.15, 0.2) is 46.7 Å². The molecule has 0 saturated carbocycles.